The molecule has 1 atom stereocenters. The fourth-order valence-corrected chi connectivity index (χ4v) is 3.86. The molecule has 0 radical (unpaired) electrons. The first-order chi connectivity index (χ1) is 10.0. The molecule has 1 aromatic rings. The van der Waals surface area contributed by atoms with Gasteiger partial charge in [-0.1, -0.05) is 13.0 Å². The quantitative estimate of drug-likeness (QED) is 0.881. The van der Waals surface area contributed by atoms with Crippen molar-refractivity contribution in [1.29, 1.82) is 0 Å². The van der Waals surface area contributed by atoms with E-state index in [-0.39, 0.29) is 6.04 Å². The van der Waals surface area contributed by atoms with Gasteiger partial charge in [-0.05, 0) is 66.4 Å². The molecule has 118 valence electrons. The van der Waals surface area contributed by atoms with Crippen molar-refractivity contribution in [2.45, 2.75) is 45.2 Å². The number of benzene rings is 1. The lowest BCUT2D eigenvalue weighted by molar-refractivity contribution is 0.221. The maximum absolute atomic E-state index is 5.89. The second-order valence-corrected chi connectivity index (χ2v) is 7.10. The number of rotatable bonds is 5. The van der Waals surface area contributed by atoms with Crippen LogP contribution in [-0.4, -0.2) is 43.7 Å². The van der Waals surface area contributed by atoms with Crippen LogP contribution in [0.15, 0.2) is 22.7 Å². The molecule has 4 heteroatoms. The number of hydrogen-bond acceptors (Lipinski definition) is 3. The van der Waals surface area contributed by atoms with E-state index in [1.807, 2.05) is 0 Å². The Hall–Kier alpha value is -0.580. The monoisotopic (exact) mass is 353 g/mol. The molecule has 0 aromatic heterocycles. The molecule has 2 N–H and O–H groups in total. The lowest BCUT2D eigenvalue weighted by atomic mass is 10.0. The van der Waals surface area contributed by atoms with Gasteiger partial charge in [-0.3, -0.25) is 0 Å². The Morgan fingerprint density at radius 3 is 2.57 bits per heavy atom. The summed E-state index contributed by atoms with van der Waals surface area (Å²) in [6.45, 7) is 7.90. The van der Waals surface area contributed by atoms with Crippen LogP contribution in [0.2, 0.25) is 0 Å². The Morgan fingerprint density at radius 1 is 1.38 bits per heavy atom. The van der Waals surface area contributed by atoms with Crippen molar-refractivity contribution in [3.63, 3.8) is 0 Å². The fraction of sp³-hybridized carbons (Fsp3) is 0.647. The van der Waals surface area contributed by atoms with E-state index in [1.54, 1.807) is 0 Å². The highest BCUT2D eigenvalue weighted by atomic mass is 79.9. The van der Waals surface area contributed by atoms with Gasteiger partial charge < -0.3 is 15.5 Å². The van der Waals surface area contributed by atoms with Gasteiger partial charge in [0.2, 0.25) is 0 Å². The number of nitrogens with two attached hydrogens (primary N) is 1. The minimum absolute atomic E-state index is 0.207. The molecule has 1 fully saturated rings. The van der Waals surface area contributed by atoms with Crippen molar-refractivity contribution < 1.29 is 0 Å². The van der Waals surface area contributed by atoms with E-state index in [0.29, 0.717) is 6.04 Å². The van der Waals surface area contributed by atoms with Gasteiger partial charge in [0.15, 0.2) is 0 Å². The number of anilines is 1. The van der Waals surface area contributed by atoms with E-state index >= 15 is 0 Å². The summed E-state index contributed by atoms with van der Waals surface area (Å²) in [7, 11) is 2.22. The van der Waals surface area contributed by atoms with Crippen molar-refractivity contribution in [2.24, 2.45) is 5.73 Å². The molecule has 21 heavy (non-hydrogen) atoms. The van der Waals surface area contributed by atoms with Crippen LogP contribution in [0.5, 0.6) is 0 Å². The van der Waals surface area contributed by atoms with Crippen molar-refractivity contribution in [3.8, 4) is 0 Å². The van der Waals surface area contributed by atoms with E-state index in [4.69, 9.17) is 5.73 Å². The van der Waals surface area contributed by atoms with Crippen LogP contribution >= 0.6 is 15.9 Å². The second-order valence-electron chi connectivity index (χ2n) is 6.24. The van der Waals surface area contributed by atoms with Gasteiger partial charge in [0.1, 0.15) is 0 Å². The summed E-state index contributed by atoms with van der Waals surface area (Å²) < 4.78 is 1.18. The number of piperidine rings is 1. The normalized spacial score (nSPS) is 18.7. The average molecular weight is 354 g/mol. The molecule has 1 aliphatic heterocycles. The fourth-order valence-electron chi connectivity index (χ4n) is 3.15. The van der Waals surface area contributed by atoms with E-state index in [2.05, 4.69) is 64.8 Å². The molecule has 1 saturated heterocycles. The van der Waals surface area contributed by atoms with Crippen molar-refractivity contribution >= 4 is 21.6 Å². The van der Waals surface area contributed by atoms with E-state index in [9.17, 15) is 0 Å². The third-order valence-electron chi connectivity index (χ3n) is 4.50. The van der Waals surface area contributed by atoms with Gasteiger partial charge in [-0.15, -0.1) is 0 Å². The van der Waals surface area contributed by atoms with Crippen LogP contribution in [-0.2, 0) is 6.42 Å². The molecule has 0 spiro atoms. The minimum Gasteiger partial charge on any atom is -0.371 e. The summed E-state index contributed by atoms with van der Waals surface area (Å²) in [6, 6.07) is 7.51. The van der Waals surface area contributed by atoms with Crippen LogP contribution in [0, 0.1) is 0 Å². The zero-order chi connectivity index (χ0) is 15.4. The first-order valence-corrected chi connectivity index (χ1v) is 8.79. The topological polar surface area (TPSA) is 32.5 Å². The smallest absolute Gasteiger partial charge is 0.0510 e. The van der Waals surface area contributed by atoms with Crippen LogP contribution in [0.3, 0.4) is 0 Å². The highest BCUT2D eigenvalue weighted by molar-refractivity contribution is 9.10. The summed E-state index contributed by atoms with van der Waals surface area (Å²) >= 11 is 3.74. The highest BCUT2D eigenvalue weighted by Crippen LogP contribution is 2.30. The van der Waals surface area contributed by atoms with E-state index < -0.39 is 0 Å². The zero-order valence-electron chi connectivity index (χ0n) is 13.5. The molecule has 0 amide bonds. The molecule has 0 bridgehead atoms. The standard InChI is InChI=1S/C17H28BrN3/c1-4-21-9-7-15(8-10-21)20(3)17-6-5-14(11-13(2)19)12-16(17)18/h5-6,12-13,15H,4,7-11,19H2,1-3H3. The summed E-state index contributed by atoms with van der Waals surface area (Å²) in [5, 5.41) is 0. The highest BCUT2D eigenvalue weighted by Gasteiger charge is 2.22. The van der Waals surface area contributed by atoms with Gasteiger partial charge in [-0.2, -0.15) is 0 Å². The van der Waals surface area contributed by atoms with Crippen LogP contribution in [0.25, 0.3) is 0 Å². The van der Waals surface area contributed by atoms with Crippen molar-refractivity contribution in [2.75, 3.05) is 31.6 Å². The van der Waals surface area contributed by atoms with Crippen molar-refractivity contribution in [1.82, 2.24) is 4.90 Å². The van der Waals surface area contributed by atoms with E-state index in [1.165, 1.54) is 48.2 Å². The Labute approximate surface area is 137 Å². The Balaban J connectivity index is 2.04. The van der Waals surface area contributed by atoms with Crippen LogP contribution < -0.4 is 10.6 Å². The van der Waals surface area contributed by atoms with E-state index in [0.717, 1.165) is 6.42 Å². The SMILES string of the molecule is CCN1CCC(N(C)c2ccc(CC(C)N)cc2Br)CC1. The summed E-state index contributed by atoms with van der Waals surface area (Å²) in [6.07, 6.45) is 3.42. The maximum Gasteiger partial charge on any atom is 0.0510 e. The molecule has 0 saturated carbocycles. The molecule has 1 heterocycles. The van der Waals surface area contributed by atoms with Gasteiger partial charge in [0.25, 0.3) is 0 Å². The summed E-state index contributed by atoms with van der Waals surface area (Å²) in [5.41, 5.74) is 8.48. The zero-order valence-corrected chi connectivity index (χ0v) is 15.1. The third kappa shape index (κ3) is 4.44. The molecular formula is C17H28BrN3. The molecule has 2 rings (SSSR count). The first kappa shape index (κ1) is 16.8. The second kappa shape index (κ2) is 7.61. The molecule has 1 aromatic carbocycles. The number of nitrogens with zero attached hydrogens (tertiary/aromatic N) is 2. The van der Waals surface area contributed by atoms with Gasteiger partial charge in [0, 0.05) is 36.7 Å². The largest absolute Gasteiger partial charge is 0.371 e. The van der Waals surface area contributed by atoms with Gasteiger partial charge >= 0.3 is 0 Å². The molecule has 1 unspecified atom stereocenters. The van der Waals surface area contributed by atoms with Crippen LogP contribution in [0.1, 0.15) is 32.3 Å². The third-order valence-corrected chi connectivity index (χ3v) is 5.14. The Bertz CT molecular complexity index is 453. The lowest BCUT2D eigenvalue weighted by Gasteiger charge is -2.38. The molecule has 1 aliphatic rings. The lowest BCUT2D eigenvalue weighted by Crippen LogP contribution is -2.43. The average Bonchev–Trinajstić information content (AvgIpc) is 2.46. The minimum atomic E-state index is 0.207. The van der Waals surface area contributed by atoms with Gasteiger partial charge in [-0.25, -0.2) is 0 Å². The summed E-state index contributed by atoms with van der Waals surface area (Å²) in [5.74, 6) is 0. The van der Waals surface area contributed by atoms with Crippen LogP contribution in [0.4, 0.5) is 5.69 Å². The molecular weight excluding hydrogens is 326 g/mol. The predicted molar refractivity (Wildman–Crippen MR) is 95.0 cm³/mol. The van der Waals surface area contributed by atoms with Crippen molar-refractivity contribution in [3.05, 3.63) is 28.2 Å². The number of likely N-dealkylation sites (tertiary alicyclic amines) is 1. The number of halogens is 1. The Kier molecular flexibility index (Phi) is 6.08. The molecule has 3 nitrogen and oxygen atoms in total. The predicted octanol–water partition coefficient (Wildman–Crippen LogP) is 3.26. The first-order valence-electron chi connectivity index (χ1n) is 8.00. The van der Waals surface area contributed by atoms with Gasteiger partial charge in [0.05, 0.1) is 5.69 Å². The maximum atomic E-state index is 5.89. The molecule has 0 aliphatic carbocycles. The summed E-state index contributed by atoms with van der Waals surface area (Å²) in [4.78, 5) is 4.97. The Morgan fingerprint density at radius 2 is 2.05 bits per heavy atom. The number of hydrogen-bond donors (Lipinski definition) is 1.